The Kier molecular flexibility index (Phi) is 3.99. The molecule has 19 heavy (non-hydrogen) atoms. The number of allylic oxidation sites excluding steroid dienone is 2. The predicted octanol–water partition coefficient (Wildman–Crippen LogP) is 2.48. The monoisotopic (exact) mass is 267 g/mol. The van der Waals surface area contributed by atoms with Crippen LogP contribution in [0.1, 0.15) is 5.56 Å². The Bertz CT molecular complexity index is 516. The second-order valence-electron chi connectivity index (χ2n) is 3.87. The first-order valence-electron chi connectivity index (χ1n) is 5.70. The van der Waals surface area contributed by atoms with Crippen molar-refractivity contribution in [2.24, 2.45) is 4.99 Å². The maximum atomic E-state index is 12.6. The van der Waals surface area contributed by atoms with Crippen LogP contribution in [0.25, 0.3) is 0 Å². The van der Waals surface area contributed by atoms with E-state index >= 15 is 0 Å². The Balaban J connectivity index is 2.18. The van der Waals surface area contributed by atoms with Gasteiger partial charge in [0.1, 0.15) is 5.84 Å². The molecule has 0 aromatic carbocycles. The van der Waals surface area contributed by atoms with Gasteiger partial charge in [0.2, 0.25) is 0 Å². The van der Waals surface area contributed by atoms with Crippen LogP contribution in [0.3, 0.4) is 0 Å². The summed E-state index contributed by atoms with van der Waals surface area (Å²) in [5.74, 6) is 0.539. The molecule has 0 fully saturated rings. The second kappa shape index (κ2) is 5.69. The maximum Gasteiger partial charge on any atom is 0.416 e. The Labute approximate surface area is 108 Å². The van der Waals surface area contributed by atoms with Crippen molar-refractivity contribution in [2.75, 3.05) is 13.1 Å². The van der Waals surface area contributed by atoms with Crippen LogP contribution in [-0.2, 0) is 0 Å². The van der Waals surface area contributed by atoms with E-state index in [-0.39, 0.29) is 13.1 Å². The molecule has 2 heterocycles. The van der Waals surface area contributed by atoms with Gasteiger partial charge >= 0.3 is 6.18 Å². The first-order chi connectivity index (χ1) is 9.07. The number of hydrogen-bond donors (Lipinski definition) is 1. The molecule has 1 aromatic heterocycles. The molecule has 0 spiro atoms. The minimum Gasteiger partial charge on any atom is -0.366 e. The summed E-state index contributed by atoms with van der Waals surface area (Å²) < 4.78 is 37.8. The third-order valence-electron chi connectivity index (χ3n) is 2.51. The van der Waals surface area contributed by atoms with Gasteiger partial charge in [-0.05, 0) is 12.1 Å². The highest BCUT2D eigenvalue weighted by Crippen LogP contribution is 2.26. The van der Waals surface area contributed by atoms with Crippen molar-refractivity contribution in [3.05, 3.63) is 53.9 Å². The fourth-order valence-electron chi connectivity index (χ4n) is 1.61. The van der Waals surface area contributed by atoms with Gasteiger partial charge in [-0.15, -0.1) is 0 Å². The summed E-state index contributed by atoms with van der Waals surface area (Å²) in [6, 6.07) is 3.55. The van der Waals surface area contributed by atoms with Gasteiger partial charge in [-0.2, -0.15) is 13.2 Å². The van der Waals surface area contributed by atoms with E-state index in [2.05, 4.69) is 15.3 Å². The molecule has 0 saturated carbocycles. The number of pyridine rings is 1. The largest absolute Gasteiger partial charge is 0.416 e. The summed E-state index contributed by atoms with van der Waals surface area (Å²) >= 11 is 0. The standard InChI is InChI=1S/C13H12F3N3/c14-13(15,16)11-4-2-7-18-12(19-8-5-11)10-3-1-6-17-9-10/h1-6,9H,7-8H2,(H,18,19)/b4-2-,11-5+. The molecule has 1 aliphatic rings. The average molecular weight is 267 g/mol. The molecule has 1 aliphatic heterocycles. The van der Waals surface area contributed by atoms with Crippen LogP contribution in [0.15, 0.2) is 53.3 Å². The summed E-state index contributed by atoms with van der Waals surface area (Å²) in [6.07, 6.45) is 2.45. The van der Waals surface area contributed by atoms with Crippen LogP contribution < -0.4 is 5.32 Å². The molecular formula is C13H12F3N3. The first kappa shape index (κ1) is 13.3. The van der Waals surface area contributed by atoms with E-state index in [1.807, 2.05) is 0 Å². The molecule has 0 saturated heterocycles. The maximum absolute atomic E-state index is 12.6. The van der Waals surface area contributed by atoms with E-state index in [1.165, 1.54) is 6.08 Å². The van der Waals surface area contributed by atoms with E-state index in [0.717, 1.165) is 17.7 Å². The van der Waals surface area contributed by atoms with Crippen LogP contribution in [0.4, 0.5) is 13.2 Å². The molecule has 0 radical (unpaired) electrons. The van der Waals surface area contributed by atoms with Crippen molar-refractivity contribution in [1.82, 2.24) is 10.3 Å². The number of aliphatic imine (C=N–C) groups is 1. The number of halogens is 3. The molecule has 3 nitrogen and oxygen atoms in total. The van der Waals surface area contributed by atoms with Gasteiger partial charge in [-0.1, -0.05) is 18.2 Å². The van der Waals surface area contributed by atoms with Crippen molar-refractivity contribution < 1.29 is 13.2 Å². The second-order valence-corrected chi connectivity index (χ2v) is 3.87. The zero-order valence-corrected chi connectivity index (χ0v) is 9.98. The van der Waals surface area contributed by atoms with Gasteiger partial charge in [0, 0.05) is 24.5 Å². The number of nitrogens with one attached hydrogen (secondary N) is 1. The lowest BCUT2D eigenvalue weighted by molar-refractivity contribution is -0.0883. The van der Waals surface area contributed by atoms with Crippen molar-refractivity contribution >= 4 is 5.84 Å². The molecule has 0 aliphatic carbocycles. The summed E-state index contributed by atoms with van der Waals surface area (Å²) in [5.41, 5.74) is 0.0856. The van der Waals surface area contributed by atoms with E-state index < -0.39 is 11.7 Å². The highest BCUT2D eigenvalue weighted by atomic mass is 19.4. The Morgan fingerprint density at radius 1 is 1.26 bits per heavy atom. The topological polar surface area (TPSA) is 37.3 Å². The average Bonchev–Trinajstić information content (AvgIpc) is 2.50. The van der Waals surface area contributed by atoms with Gasteiger partial charge in [0.15, 0.2) is 0 Å². The van der Waals surface area contributed by atoms with E-state index in [4.69, 9.17) is 0 Å². The molecule has 2 rings (SSSR count). The van der Waals surface area contributed by atoms with Crippen LogP contribution in [0.2, 0.25) is 0 Å². The smallest absolute Gasteiger partial charge is 0.366 e. The Morgan fingerprint density at radius 2 is 2.11 bits per heavy atom. The van der Waals surface area contributed by atoms with E-state index in [1.54, 1.807) is 24.5 Å². The number of aromatic nitrogens is 1. The third-order valence-corrected chi connectivity index (χ3v) is 2.51. The van der Waals surface area contributed by atoms with Crippen molar-refractivity contribution in [2.45, 2.75) is 6.18 Å². The number of nitrogens with zero attached hydrogens (tertiary/aromatic N) is 2. The molecule has 100 valence electrons. The van der Waals surface area contributed by atoms with Crippen molar-refractivity contribution in [3.63, 3.8) is 0 Å². The highest BCUT2D eigenvalue weighted by molar-refractivity contribution is 5.98. The molecule has 1 N–H and O–H groups in total. The molecule has 0 amide bonds. The SMILES string of the molecule is FC(F)(F)C1=C/CNC(c2cccnc2)=NC/C=C\1. The molecule has 0 unspecified atom stereocenters. The minimum absolute atomic E-state index is 0.0624. The Hall–Kier alpha value is -2.11. The number of amidine groups is 1. The lowest BCUT2D eigenvalue weighted by atomic mass is 10.2. The van der Waals surface area contributed by atoms with E-state index in [9.17, 15) is 13.2 Å². The number of rotatable bonds is 1. The van der Waals surface area contributed by atoms with Gasteiger partial charge in [0.25, 0.3) is 0 Å². The summed E-state index contributed by atoms with van der Waals surface area (Å²) in [7, 11) is 0. The lowest BCUT2D eigenvalue weighted by Gasteiger charge is -2.09. The Morgan fingerprint density at radius 3 is 2.79 bits per heavy atom. The number of hydrogen-bond acceptors (Lipinski definition) is 3. The van der Waals surface area contributed by atoms with Gasteiger partial charge < -0.3 is 5.32 Å². The summed E-state index contributed by atoms with van der Waals surface area (Å²) in [4.78, 5) is 8.17. The van der Waals surface area contributed by atoms with E-state index in [0.29, 0.717) is 5.84 Å². The number of alkyl halides is 3. The zero-order chi connectivity index (χ0) is 13.7. The zero-order valence-electron chi connectivity index (χ0n) is 9.98. The fourth-order valence-corrected chi connectivity index (χ4v) is 1.61. The van der Waals surface area contributed by atoms with Gasteiger partial charge in [0.05, 0.1) is 12.1 Å². The van der Waals surface area contributed by atoms with Gasteiger partial charge in [-0.25, -0.2) is 0 Å². The minimum atomic E-state index is -4.34. The molecule has 0 atom stereocenters. The predicted molar refractivity (Wildman–Crippen MR) is 66.9 cm³/mol. The van der Waals surface area contributed by atoms with Crippen molar-refractivity contribution in [1.29, 1.82) is 0 Å². The fraction of sp³-hybridized carbons (Fsp3) is 0.231. The first-order valence-corrected chi connectivity index (χ1v) is 5.70. The van der Waals surface area contributed by atoms with Crippen LogP contribution in [0, 0.1) is 0 Å². The highest BCUT2D eigenvalue weighted by Gasteiger charge is 2.31. The van der Waals surface area contributed by atoms with Gasteiger partial charge in [-0.3, -0.25) is 9.98 Å². The summed E-state index contributed by atoms with van der Waals surface area (Å²) in [5, 5.41) is 2.87. The lowest BCUT2D eigenvalue weighted by Crippen LogP contribution is -2.25. The normalized spacial score (nSPS) is 21.0. The molecule has 0 bridgehead atoms. The summed E-state index contributed by atoms with van der Waals surface area (Å²) in [6.45, 7) is 0.248. The quantitative estimate of drug-likeness (QED) is 0.848. The molecule has 1 aromatic rings. The van der Waals surface area contributed by atoms with Crippen LogP contribution >= 0.6 is 0 Å². The molecule has 6 heteroatoms. The van der Waals surface area contributed by atoms with Crippen LogP contribution in [-0.4, -0.2) is 30.1 Å². The molecular weight excluding hydrogens is 255 g/mol. The van der Waals surface area contributed by atoms with Crippen LogP contribution in [0.5, 0.6) is 0 Å². The van der Waals surface area contributed by atoms with Crippen molar-refractivity contribution in [3.8, 4) is 0 Å². The third kappa shape index (κ3) is 3.67.